The van der Waals surface area contributed by atoms with Crippen LogP contribution in [-0.4, -0.2) is 40.7 Å². The van der Waals surface area contributed by atoms with Gasteiger partial charge in [-0.25, -0.2) is 9.78 Å². The Bertz CT molecular complexity index is 1190. The maximum atomic E-state index is 13.1. The molecule has 1 heterocycles. The van der Waals surface area contributed by atoms with Gasteiger partial charge in [0.15, 0.2) is 11.8 Å². The highest BCUT2D eigenvalue weighted by Gasteiger charge is 2.29. The van der Waals surface area contributed by atoms with Crippen LogP contribution in [0.3, 0.4) is 0 Å². The monoisotopic (exact) mass is 448 g/mol. The molecule has 1 aromatic heterocycles. The van der Waals surface area contributed by atoms with Gasteiger partial charge < -0.3 is 10.1 Å². The first kappa shape index (κ1) is 22.2. The summed E-state index contributed by atoms with van der Waals surface area (Å²) in [6.45, 7) is -1.67. The number of alkyl halides is 3. The SMILES string of the molecule is N#Cc1ccc(-n2c(SCCNC(=O)OCC(F)(F)F)nc3ccccc3c2=O)cc1. The average Bonchev–Trinajstić information content (AvgIpc) is 2.75. The minimum absolute atomic E-state index is 0.00255. The highest BCUT2D eigenvalue weighted by molar-refractivity contribution is 7.99. The molecule has 31 heavy (non-hydrogen) atoms. The molecule has 0 atom stereocenters. The number of rotatable bonds is 6. The molecule has 0 aliphatic carbocycles. The summed E-state index contributed by atoms with van der Waals surface area (Å²) < 4.78 is 41.7. The van der Waals surface area contributed by atoms with Crippen molar-refractivity contribution in [3.05, 3.63) is 64.4 Å². The smallest absolute Gasteiger partial charge is 0.422 e. The molecule has 11 heteroatoms. The summed E-state index contributed by atoms with van der Waals surface area (Å²) in [6.07, 6.45) is -5.79. The second-order valence-corrected chi connectivity index (χ2v) is 7.24. The molecule has 3 aromatic rings. The molecule has 2 aromatic carbocycles. The van der Waals surface area contributed by atoms with E-state index in [4.69, 9.17) is 5.26 Å². The number of benzene rings is 2. The number of thioether (sulfide) groups is 1. The van der Waals surface area contributed by atoms with Crippen molar-refractivity contribution in [3.8, 4) is 11.8 Å². The largest absolute Gasteiger partial charge is 0.440 e. The molecule has 1 N–H and O–H groups in total. The molecule has 7 nitrogen and oxygen atoms in total. The Labute approximate surface area is 178 Å². The Morgan fingerprint density at radius 2 is 1.90 bits per heavy atom. The summed E-state index contributed by atoms with van der Waals surface area (Å²) in [4.78, 5) is 28.9. The van der Waals surface area contributed by atoms with Gasteiger partial charge in [0.05, 0.1) is 28.2 Å². The first-order valence-electron chi connectivity index (χ1n) is 8.91. The average molecular weight is 448 g/mol. The van der Waals surface area contributed by atoms with Crippen LogP contribution in [0.5, 0.6) is 0 Å². The van der Waals surface area contributed by atoms with Gasteiger partial charge in [0.2, 0.25) is 0 Å². The molecule has 1 amide bonds. The number of carbonyl (C=O) groups excluding carboxylic acids is 1. The first-order valence-corrected chi connectivity index (χ1v) is 9.89. The van der Waals surface area contributed by atoms with Crippen LogP contribution in [0.4, 0.5) is 18.0 Å². The number of para-hydroxylation sites is 1. The molecular weight excluding hydrogens is 433 g/mol. The van der Waals surface area contributed by atoms with Gasteiger partial charge in [-0.3, -0.25) is 9.36 Å². The van der Waals surface area contributed by atoms with Gasteiger partial charge in [0, 0.05) is 12.3 Å². The Morgan fingerprint density at radius 1 is 1.19 bits per heavy atom. The summed E-state index contributed by atoms with van der Waals surface area (Å²) >= 11 is 1.14. The van der Waals surface area contributed by atoms with E-state index in [-0.39, 0.29) is 17.9 Å². The Hall–Kier alpha value is -3.52. The minimum Gasteiger partial charge on any atom is -0.440 e. The van der Waals surface area contributed by atoms with Crippen molar-refractivity contribution in [2.75, 3.05) is 18.9 Å². The molecule has 0 saturated heterocycles. The molecule has 0 radical (unpaired) electrons. The third kappa shape index (κ3) is 5.76. The van der Waals surface area contributed by atoms with E-state index < -0.39 is 18.9 Å². The van der Waals surface area contributed by atoms with E-state index in [9.17, 15) is 22.8 Å². The summed E-state index contributed by atoms with van der Waals surface area (Å²) in [6, 6.07) is 15.2. The van der Waals surface area contributed by atoms with Gasteiger partial charge in [0.1, 0.15) is 0 Å². The summed E-state index contributed by atoms with van der Waals surface area (Å²) in [7, 11) is 0. The number of aromatic nitrogens is 2. The standard InChI is InChI=1S/C20H15F3N4O3S/c21-20(22,23)12-30-19(29)25-9-10-31-18-26-16-4-2-1-3-15(16)17(28)27(18)14-7-5-13(11-24)6-8-14/h1-8H,9-10,12H2,(H,25,29). The molecule has 0 fully saturated rings. The third-order valence-corrected chi connectivity index (χ3v) is 4.91. The van der Waals surface area contributed by atoms with Crippen LogP contribution in [0, 0.1) is 11.3 Å². The van der Waals surface area contributed by atoms with Gasteiger partial charge in [-0.1, -0.05) is 23.9 Å². The van der Waals surface area contributed by atoms with E-state index in [0.717, 1.165) is 11.8 Å². The Kier molecular flexibility index (Phi) is 6.81. The fraction of sp³-hybridized carbons (Fsp3) is 0.200. The van der Waals surface area contributed by atoms with E-state index in [2.05, 4.69) is 15.0 Å². The lowest BCUT2D eigenvalue weighted by atomic mass is 10.2. The van der Waals surface area contributed by atoms with Crippen molar-refractivity contribution in [1.29, 1.82) is 5.26 Å². The van der Waals surface area contributed by atoms with Crippen molar-refractivity contribution in [1.82, 2.24) is 14.9 Å². The van der Waals surface area contributed by atoms with E-state index in [1.807, 2.05) is 6.07 Å². The molecular formula is C20H15F3N4O3S. The van der Waals surface area contributed by atoms with E-state index in [1.165, 1.54) is 4.57 Å². The van der Waals surface area contributed by atoms with Crippen LogP contribution >= 0.6 is 11.8 Å². The Morgan fingerprint density at radius 3 is 2.58 bits per heavy atom. The van der Waals surface area contributed by atoms with Crippen molar-refractivity contribution in [3.63, 3.8) is 0 Å². The summed E-state index contributed by atoms with van der Waals surface area (Å²) in [5.74, 6) is 0.224. The van der Waals surface area contributed by atoms with Crippen LogP contribution in [-0.2, 0) is 4.74 Å². The zero-order valence-electron chi connectivity index (χ0n) is 15.8. The summed E-state index contributed by atoms with van der Waals surface area (Å²) in [5.41, 5.74) is 1.11. The topological polar surface area (TPSA) is 97.0 Å². The second-order valence-electron chi connectivity index (χ2n) is 6.18. The van der Waals surface area contributed by atoms with Gasteiger partial charge in [-0.05, 0) is 36.4 Å². The van der Waals surface area contributed by atoms with Crippen LogP contribution in [0.15, 0.2) is 58.5 Å². The fourth-order valence-corrected chi connectivity index (χ4v) is 3.48. The molecule has 0 spiro atoms. The van der Waals surface area contributed by atoms with Crippen LogP contribution in [0.1, 0.15) is 5.56 Å². The zero-order valence-corrected chi connectivity index (χ0v) is 16.7. The van der Waals surface area contributed by atoms with Crippen molar-refractivity contribution in [2.24, 2.45) is 0 Å². The lowest BCUT2D eigenvalue weighted by molar-refractivity contribution is -0.160. The number of hydrogen-bond donors (Lipinski definition) is 1. The lowest BCUT2D eigenvalue weighted by Crippen LogP contribution is -2.30. The lowest BCUT2D eigenvalue weighted by Gasteiger charge is -2.13. The van der Waals surface area contributed by atoms with E-state index >= 15 is 0 Å². The molecule has 3 rings (SSSR count). The number of ether oxygens (including phenoxy) is 1. The number of nitriles is 1. The number of amides is 1. The molecule has 0 aliphatic heterocycles. The fourth-order valence-electron chi connectivity index (χ4n) is 2.62. The number of halogens is 3. The number of alkyl carbamates (subject to hydrolysis) is 1. The third-order valence-electron chi connectivity index (χ3n) is 3.97. The first-order chi connectivity index (χ1) is 14.8. The quantitative estimate of drug-likeness (QED) is 0.351. The molecule has 0 saturated carbocycles. The molecule has 0 bridgehead atoms. The van der Waals surface area contributed by atoms with E-state index in [1.54, 1.807) is 48.5 Å². The Balaban J connectivity index is 1.80. The normalized spacial score (nSPS) is 11.2. The zero-order chi connectivity index (χ0) is 22.4. The van der Waals surface area contributed by atoms with Gasteiger partial charge >= 0.3 is 12.3 Å². The highest BCUT2D eigenvalue weighted by atomic mass is 32.2. The van der Waals surface area contributed by atoms with Gasteiger partial charge in [-0.15, -0.1) is 0 Å². The van der Waals surface area contributed by atoms with Crippen molar-refractivity contribution >= 4 is 28.8 Å². The van der Waals surface area contributed by atoms with Crippen LogP contribution in [0.25, 0.3) is 16.6 Å². The number of hydrogen-bond acceptors (Lipinski definition) is 6. The maximum absolute atomic E-state index is 13.1. The molecule has 160 valence electrons. The summed E-state index contributed by atoms with van der Waals surface area (Å²) in [5, 5.41) is 11.9. The minimum atomic E-state index is -4.60. The second kappa shape index (κ2) is 9.53. The maximum Gasteiger partial charge on any atom is 0.422 e. The van der Waals surface area contributed by atoms with Crippen LogP contribution in [0.2, 0.25) is 0 Å². The van der Waals surface area contributed by atoms with Crippen LogP contribution < -0.4 is 10.9 Å². The number of nitrogens with one attached hydrogen (secondary N) is 1. The van der Waals surface area contributed by atoms with Crippen molar-refractivity contribution < 1.29 is 22.7 Å². The van der Waals surface area contributed by atoms with Crippen molar-refractivity contribution in [2.45, 2.75) is 11.3 Å². The van der Waals surface area contributed by atoms with E-state index in [0.29, 0.717) is 27.3 Å². The van der Waals surface area contributed by atoms with Gasteiger partial charge in [0.25, 0.3) is 5.56 Å². The van der Waals surface area contributed by atoms with Gasteiger partial charge in [-0.2, -0.15) is 18.4 Å². The number of carbonyl (C=O) groups is 1. The predicted molar refractivity (Wildman–Crippen MR) is 108 cm³/mol. The molecule has 0 unspecified atom stereocenters. The highest BCUT2D eigenvalue weighted by Crippen LogP contribution is 2.21. The predicted octanol–water partition coefficient (Wildman–Crippen LogP) is 3.64. The number of nitrogens with zero attached hydrogens (tertiary/aromatic N) is 3. The number of fused-ring (bicyclic) bond motifs is 1. The molecule has 0 aliphatic rings.